The maximum Gasteiger partial charge on any atom is 0.223 e. The second-order valence-electron chi connectivity index (χ2n) is 8.41. The van der Waals surface area contributed by atoms with Crippen LogP contribution >= 0.6 is 0 Å². The molecular weight excluding hydrogens is 356 g/mol. The van der Waals surface area contributed by atoms with E-state index < -0.39 is 0 Å². The Morgan fingerprint density at radius 3 is 2.38 bits per heavy atom. The number of benzene rings is 1. The summed E-state index contributed by atoms with van der Waals surface area (Å²) in [6, 6.07) is 12.4. The summed E-state index contributed by atoms with van der Waals surface area (Å²) in [5, 5.41) is 0. The first-order valence-electron chi connectivity index (χ1n) is 11.2. The molecule has 29 heavy (non-hydrogen) atoms. The summed E-state index contributed by atoms with van der Waals surface area (Å²) in [7, 11) is 0. The standard InChI is InChI=1S/C27H38O2/c1-7-12-24(16-11-15-23-14-10-9-13-19(23)3)21(5)20(4)22(6)27(28)26-18-17-25(8-2)29-26/h9-10,13-14,17-18,21,24H,7-8,11-12,15-16H2,1-6H3/b22-20+. The van der Waals surface area contributed by atoms with Crippen LogP contribution in [0.3, 0.4) is 0 Å². The van der Waals surface area contributed by atoms with Crippen LogP contribution in [0.15, 0.2) is 52.0 Å². The largest absolute Gasteiger partial charge is 0.458 e. The number of furan rings is 1. The quantitative estimate of drug-likeness (QED) is 0.288. The molecule has 2 atom stereocenters. The lowest BCUT2D eigenvalue weighted by molar-refractivity contribution is 0.100. The molecule has 2 nitrogen and oxygen atoms in total. The van der Waals surface area contributed by atoms with Crippen LogP contribution in [-0.2, 0) is 12.8 Å². The Morgan fingerprint density at radius 1 is 1.03 bits per heavy atom. The minimum absolute atomic E-state index is 0.0317. The second-order valence-corrected chi connectivity index (χ2v) is 8.41. The van der Waals surface area contributed by atoms with Gasteiger partial charge < -0.3 is 4.42 Å². The molecule has 158 valence electrons. The van der Waals surface area contributed by atoms with Crippen molar-refractivity contribution in [3.63, 3.8) is 0 Å². The summed E-state index contributed by atoms with van der Waals surface area (Å²) in [4.78, 5) is 12.9. The Kier molecular flexibility index (Phi) is 8.95. The SMILES string of the molecule is CCCC(CCCc1ccccc1C)C(C)/C(C)=C(\C)C(=O)c1ccc(CC)o1. The van der Waals surface area contributed by atoms with E-state index in [1.807, 2.05) is 26.0 Å². The monoisotopic (exact) mass is 394 g/mol. The van der Waals surface area contributed by atoms with Crippen molar-refractivity contribution in [1.82, 2.24) is 0 Å². The van der Waals surface area contributed by atoms with Crippen LogP contribution in [0.5, 0.6) is 0 Å². The van der Waals surface area contributed by atoms with Gasteiger partial charge in [0.2, 0.25) is 5.78 Å². The van der Waals surface area contributed by atoms with Gasteiger partial charge in [-0.25, -0.2) is 0 Å². The molecule has 0 bridgehead atoms. The van der Waals surface area contributed by atoms with E-state index >= 15 is 0 Å². The van der Waals surface area contributed by atoms with E-state index in [2.05, 4.69) is 52.0 Å². The van der Waals surface area contributed by atoms with Gasteiger partial charge in [-0.3, -0.25) is 4.79 Å². The van der Waals surface area contributed by atoms with E-state index in [-0.39, 0.29) is 5.78 Å². The van der Waals surface area contributed by atoms with E-state index in [0.29, 0.717) is 17.6 Å². The van der Waals surface area contributed by atoms with E-state index in [4.69, 9.17) is 4.42 Å². The minimum Gasteiger partial charge on any atom is -0.458 e. The first kappa shape index (κ1) is 23.2. The topological polar surface area (TPSA) is 30.2 Å². The summed E-state index contributed by atoms with van der Waals surface area (Å²) in [5.41, 5.74) is 4.89. The first-order valence-corrected chi connectivity index (χ1v) is 11.2. The van der Waals surface area contributed by atoms with Crippen molar-refractivity contribution in [3.8, 4) is 0 Å². The van der Waals surface area contributed by atoms with Gasteiger partial charge in [0.15, 0.2) is 5.76 Å². The third kappa shape index (κ3) is 6.19. The van der Waals surface area contributed by atoms with Gasteiger partial charge in [0.1, 0.15) is 5.76 Å². The first-order chi connectivity index (χ1) is 13.9. The average Bonchev–Trinajstić information content (AvgIpc) is 3.21. The van der Waals surface area contributed by atoms with Crippen molar-refractivity contribution in [2.45, 2.75) is 80.1 Å². The minimum atomic E-state index is 0.0317. The highest BCUT2D eigenvalue weighted by Crippen LogP contribution is 2.31. The summed E-state index contributed by atoms with van der Waals surface area (Å²) in [6.45, 7) is 12.9. The zero-order chi connectivity index (χ0) is 21.4. The fourth-order valence-corrected chi connectivity index (χ4v) is 4.21. The zero-order valence-electron chi connectivity index (χ0n) is 19.2. The average molecular weight is 395 g/mol. The van der Waals surface area contributed by atoms with Gasteiger partial charge in [-0.1, -0.05) is 63.5 Å². The van der Waals surface area contributed by atoms with Gasteiger partial charge in [0.05, 0.1) is 0 Å². The molecule has 2 aromatic rings. The van der Waals surface area contributed by atoms with Crippen LogP contribution in [-0.4, -0.2) is 5.78 Å². The predicted molar refractivity (Wildman–Crippen MR) is 122 cm³/mol. The van der Waals surface area contributed by atoms with Crippen molar-refractivity contribution in [3.05, 3.63) is 70.2 Å². The van der Waals surface area contributed by atoms with Gasteiger partial charge >= 0.3 is 0 Å². The number of hydrogen-bond donors (Lipinski definition) is 0. The molecule has 0 amide bonds. The molecule has 0 aliphatic rings. The van der Waals surface area contributed by atoms with Crippen LogP contribution in [0.4, 0.5) is 0 Å². The maximum atomic E-state index is 12.9. The molecule has 0 saturated heterocycles. The van der Waals surface area contributed by atoms with E-state index in [9.17, 15) is 4.79 Å². The van der Waals surface area contributed by atoms with Gasteiger partial charge in [-0.2, -0.15) is 0 Å². The number of Topliss-reactive ketones (excluding diaryl/α,β-unsaturated/α-hetero) is 1. The summed E-state index contributed by atoms with van der Waals surface area (Å²) < 4.78 is 5.69. The highest BCUT2D eigenvalue weighted by molar-refractivity contribution is 6.06. The van der Waals surface area contributed by atoms with Crippen LogP contribution in [0.25, 0.3) is 0 Å². The summed E-state index contributed by atoms with van der Waals surface area (Å²) >= 11 is 0. The number of allylic oxidation sites excluding steroid dienone is 2. The molecule has 1 aromatic carbocycles. The predicted octanol–water partition coefficient (Wildman–Crippen LogP) is 7.74. The summed E-state index contributed by atoms with van der Waals surface area (Å²) in [6.07, 6.45) is 6.71. The van der Waals surface area contributed by atoms with Crippen LogP contribution in [0.1, 0.15) is 87.7 Å². The van der Waals surface area contributed by atoms with Gasteiger partial charge in [0, 0.05) is 6.42 Å². The van der Waals surface area contributed by atoms with E-state index in [1.54, 1.807) is 0 Å². The smallest absolute Gasteiger partial charge is 0.223 e. The molecule has 0 aliphatic carbocycles. The summed E-state index contributed by atoms with van der Waals surface area (Å²) in [5.74, 6) is 2.37. The Morgan fingerprint density at radius 2 is 1.76 bits per heavy atom. The number of rotatable bonds is 11. The highest BCUT2D eigenvalue weighted by atomic mass is 16.3. The fraction of sp³-hybridized carbons (Fsp3) is 0.519. The second kappa shape index (κ2) is 11.2. The molecular formula is C27H38O2. The molecule has 2 heteroatoms. The lowest BCUT2D eigenvalue weighted by Gasteiger charge is -2.26. The van der Waals surface area contributed by atoms with Crippen LogP contribution < -0.4 is 0 Å². The number of carbonyl (C=O) groups excluding carboxylic acids is 1. The lowest BCUT2D eigenvalue weighted by Crippen LogP contribution is -2.16. The molecule has 0 N–H and O–H groups in total. The van der Waals surface area contributed by atoms with Crippen LogP contribution in [0, 0.1) is 18.8 Å². The Labute approximate surface area is 177 Å². The van der Waals surface area contributed by atoms with Crippen molar-refractivity contribution >= 4 is 5.78 Å². The third-order valence-electron chi connectivity index (χ3n) is 6.50. The molecule has 2 unspecified atom stereocenters. The van der Waals surface area contributed by atoms with Gasteiger partial charge in [-0.05, 0) is 80.7 Å². The normalized spacial score (nSPS) is 14.4. The molecule has 0 fully saturated rings. The molecule has 0 radical (unpaired) electrons. The van der Waals surface area contributed by atoms with Gasteiger partial charge in [0.25, 0.3) is 0 Å². The number of hydrogen-bond acceptors (Lipinski definition) is 2. The zero-order valence-corrected chi connectivity index (χ0v) is 19.2. The van der Waals surface area contributed by atoms with Crippen molar-refractivity contribution in [2.75, 3.05) is 0 Å². The number of aryl methyl sites for hydroxylation is 3. The third-order valence-corrected chi connectivity index (χ3v) is 6.50. The lowest BCUT2D eigenvalue weighted by atomic mass is 9.79. The fourth-order valence-electron chi connectivity index (χ4n) is 4.21. The van der Waals surface area contributed by atoms with E-state index in [0.717, 1.165) is 24.2 Å². The van der Waals surface area contributed by atoms with Crippen molar-refractivity contribution < 1.29 is 9.21 Å². The highest BCUT2D eigenvalue weighted by Gasteiger charge is 2.23. The molecule has 0 spiro atoms. The molecule has 1 aromatic heterocycles. The number of carbonyl (C=O) groups is 1. The van der Waals surface area contributed by atoms with Crippen LogP contribution in [0.2, 0.25) is 0 Å². The molecule has 2 rings (SSSR count). The Bertz CT molecular complexity index is 825. The Hall–Kier alpha value is -2.09. The molecule has 0 saturated carbocycles. The van der Waals surface area contributed by atoms with E-state index in [1.165, 1.54) is 42.4 Å². The van der Waals surface area contributed by atoms with Crippen molar-refractivity contribution in [2.24, 2.45) is 11.8 Å². The molecule has 0 aliphatic heterocycles. The molecule has 1 heterocycles. The van der Waals surface area contributed by atoms with Crippen molar-refractivity contribution in [1.29, 1.82) is 0 Å². The Balaban J connectivity index is 2.07. The van der Waals surface area contributed by atoms with Gasteiger partial charge in [-0.15, -0.1) is 0 Å². The maximum absolute atomic E-state index is 12.9. The number of ketones is 1.